The van der Waals surface area contributed by atoms with Crippen LogP contribution in [0.15, 0.2) is 0 Å². The number of rotatable bonds is 7. The number of ketones is 1. The minimum atomic E-state index is -0.776. The van der Waals surface area contributed by atoms with Crippen LogP contribution in [0.3, 0.4) is 0 Å². The third-order valence-corrected chi connectivity index (χ3v) is 4.12. The summed E-state index contributed by atoms with van der Waals surface area (Å²) in [6, 6.07) is 0. The molecule has 19 heavy (non-hydrogen) atoms. The van der Waals surface area contributed by atoms with Crippen LogP contribution in [0.2, 0.25) is 0 Å². The highest BCUT2D eigenvalue weighted by molar-refractivity contribution is 7.99. The standard InChI is InChI=1S/C12H20N2O4S/c13-7-10(15)3-6-19-8-11(16)14-4-1-9(2-5-14)12(17)18/h9H,1-8,13H2,(H,17,18). The quantitative estimate of drug-likeness (QED) is 0.638. The molecule has 108 valence electrons. The molecule has 6 nitrogen and oxygen atoms in total. The van der Waals surface area contributed by atoms with Crippen LogP contribution in [0.4, 0.5) is 0 Å². The molecule has 0 spiro atoms. The highest BCUT2D eigenvalue weighted by atomic mass is 32.2. The van der Waals surface area contributed by atoms with Gasteiger partial charge < -0.3 is 15.7 Å². The van der Waals surface area contributed by atoms with Crippen molar-refractivity contribution >= 4 is 29.4 Å². The molecule has 0 bridgehead atoms. The number of Topliss-reactive ketones (excluding diaryl/α,β-unsaturated/α-hetero) is 1. The van der Waals surface area contributed by atoms with Crippen LogP contribution in [-0.2, 0) is 14.4 Å². The number of hydrogen-bond acceptors (Lipinski definition) is 5. The minimum Gasteiger partial charge on any atom is -0.481 e. The molecule has 0 saturated carbocycles. The van der Waals surface area contributed by atoms with Gasteiger partial charge >= 0.3 is 5.97 Å². The van der Waals surface area contributed by atoms with Gasteiger partial charge in [-0.3, -0.25) is 14.4 Å². The number of carboxylic acid groups (broad SMARTS) is 1. The Morgan fingerprint density at radius 3 is 2.42 bits per heavy atom. The van der Waals surface area contributed by atoms with E-state index in [0.717, 1.165) is 0 Å². The van der Waals surface area contributed by atoms with E-state index in [-0.39, 0.29) is 24.2 Å². The predicted molar refractivity (Wildman–Crippen MR) is 72.9 cm³/mol. The number of thioether (sulfide) groups is 1. The Morgan fingerprint density at radius 2 is 1.89 bits per heavy atom. The van der Waals surface area contributed by atoms with E-state index in [1.165, 1.54) is 11.8 Å². The highest BCUT2D eigenvalue weighted by Gasteiger charge is 2.26. The molecule has 0 aromatic carbocycles. The average Bonchev–Trinajstić information content (AvgIpc) is 2.43. The maximum absolute atomic E-state index is 11.8. The zero-order chi connectivity index (χ0) is 14.3. The fourth-order valence-corrected chi connectivity index (χ4v) is 2.79. The number of carboxylic acids is 1. The van der Waals surface area contributed by atoms with Crippen LogP contribution in [0.1, 0.15) is 19.3 Å². The van der Waals surface area contributed by atoms with E-state index in [1.54, 1.807) is 4.90 Å². The van der Waals surface area contributed by atoms with Gasteiger partial charge in [-0.2, -0.15) is 11.8 Å². The maximum Gasteiger partial charge on any atom is 0.306 e. The molecule has 1 saturated heterocycles. The Bertz CT molecular complexity index is 341. The van der Waals surface area contributed by atoms with Crippen molar-refractivity contribution in [3.8, 4) is 0 Å². The summed E-state index contributed by atoms with van der Waals surface area (Å²) in [6.45, 7) is 1.08. The Hall–Kier alpha value is -1.08. The first-order valence-corrected chi connectivity index (χ1v) is 7.50. The molecule has 0 atom stereocenters. The third kappa shape index (κ3) is 5.61. The van der Waals surface area contributed by atoms with Crippen molar-refractivity contribution in [2.45, 2.75) is 19.3 Å². The van der Waals surface area contributed by atoms with Crippen LogP contribution in [0, 0.1) is 5.92 Å². The smallest absolute Gasteiger partial charge is 0.306 e. The fraction of sp³-hybridized carbons (Fsp3) is 0.750. The molecule has 7 heteroatoms. The fourth-order valence-electron chi connectivity index (χ4n) is 1.91. The summed E-state index contributed by atoms with van der Waals surface area (Å²) >= 11 is 1.42. The number of hydrogen-bond donors (Lipinski definition) is 2. The van der Waals surface area contributed by atoms with Crippen molar-refractivity contribution in [3.63, 3.8) is 0 Å². The number of carbonyl (C=O) groups is 3. The van der Waals surface area contributed by atoms with Gasteiger partial charge in [0.15, 0.2) is 0 Å². The maximum atomic E-state index is 11.8. The summed E-state index contributed by atoms with van der Waals surface area (Å²) in [4.78, 5) is 35.3. The van der Waals surface area contributed by atoms with Gasteiger partial charge in [-0.05, 0) is 12.8 Å². The van der Waals surface area contributed by atoms with Crippen LogP contribution in [-0.4, -0.2) is 58.8 Å². The van der Waals surface area contributed by atoms with Gasteiger partial charge in [0.05, 0.1) is 18.2 Å². The van der Waals surface area contributed by atoms with Gasteiger partial charge in [0.1, 0.15) is 5.78 Å². The van der Waals surface area contributed by atoms with Gasteiger partial charge in [-0.1, -0.05) is 0 Å². The number of carbonyl (C=O) groups excluding carboxylic acids is 2. The van der Waals surface area contributed by atoms with E-state index in [2.05, 4.69) is 0 Å². The molecule has 1 rings (SSSR count). The summed E-state index contributed by atoms with van der Waals surface area (Å²) in [5.74, 6) is -0.125. The first-order valence-electron chi connectivity index (χ1n) is 6.34. The normalized spacial score (nSPS) is 16.4. The number of piperidine rings is 1. The number of nitrogens with zero attached hydrogens (tertiary/aromatic N) is 1. The van der Waals surface area contributed by atoms with Gasteiger partial charge in [0.2, 0.25) is 5.91 Å². The molecule has 0 radical (unpaired) electrons. The highest BCUT2D eigenvalue weighted by Crippen LogP contribution is 2.18. The van der Waals surface area contributed by atoms with Gasteiger partial charge in [-0.15, -0.1) is 0 Å². The number of amides is 1. The molecule has 1 amide bonds. The molecule has 0 aliphatic carbocycles. The van der Waals surface area contributed by atoms with Crippen LogP contribution >= 0.6 is 11.8 Å². The molecular weight excluding hydrogens is 268 g/mol. The third-order valence-electron chi connectivity index (χ3n) is 3.18. The van der Waals surface area contributed by atoms with Crippen molar-refractivity contribution < 1.29 is 19.5 Å². The Labute approximate surface area is 116 Å². The van der Waals surface area contributed by atoms with Crippen molar-refractivity contribution in [2.75, 3.05) is 31.1 Å². The summed E-state index contributed by atoms with van der Waals surface area (Å²) in [5, 5.41) is 8.86. The van der Waals surface area contributed by atoms with E-state index in [4.69, 9.17) is 10.8 Å². The molecule has 1 aliphatic heterocycles. The first-order chi connectivity index (χ1) is 9.04. The summed E-state index contributed by atoms with van der Waals surface area (Å²) in [6.07, 6.45) is 1.45. The second kappa shape index (κ2) is 8.16. The van der Waals surface area contributed by atoms with E-state index in [0.29, 0.717) is 43.9 Å². The van der Waals surface area contributed by atoms with E-state index < -0.39 is 5.97 Å². The number of nitrogens with two attached hydrogens (primary N) is 1. The van der Waals surface area contributed by atoms with Crippen molar-refractivity contribution in [1.29, 1.82) is 0 Å². The first kappa shape index (κ1) is 16.0. The molecule has 3 N–H and O–H groups in total. The van der Waals surface area contributed by atoms with Gasteiger partial charge in [-0.25, -0.2) is 0 Å². The second-order valence-corrected chi connectivity index (χ2v) is 5.64. The lowest BCUT2D eigenvalue weighted by Crippen LogP contribution is -2.41. The van der Waals surface area contributed by atoms with Crippen LogP contribution in [0.25, 0.3) is 0 Å². The van der Waals surface area contributed by atoms with Gasteiger partial charge in [0.25, 0.3) is 0 Å². The van der Waals surface area contributed by atoms with E-state index in [1.807, 2.05) is 0 Å². The lowest BCUT2D eigenvalue weighted by molar-refractivity contribution is -0.145. The molecule has 1 fully saturated rings. The van der Waals surface area contributed by atoms with Crippen molar-refractivity contribution in [1.82, 2.24) is 4.90 Å². The zero-order valence-corrected chi connectivity index (χ0v) is 11.7. The van der Waals surface area contributed by atoms with Crippen molar-refractivity contribution in [2.24, 2.45) is 11.7 Å². The molecule has 1 heterocycles. The average molecular weight is 288 g/mol. The Balaban J connectivity index is 2.17. The van der Waals surface area contributed by atoms with Gasteiger partial charge in [0, 0.05) is 25.3 Å². The SMILES string of the molecule is NCC(=O)CCSCC(=O)N1CCC(C(=O)O)CC1. The number of likely N-dealkylation sites (tertiary alicyclic amines) is 1. The Kier molecular flexibility index (Phi) is 6.86. The summed E-state index contributed by atoms with van der Waals surface area (Å²) < 4.78 is 0. The molecular formula is C12H20N2O4S. The second-order valence-electron chi connectivity index (χ2n) is 4.54. The zero-order valence-electron chi connectivity index (χ0n) is 10.8. The van der Waals surface area contributed by atoms with E-state index in [9.17, 15) is 14.4 Å². The number of aliphatic carboxylic acids is 1. The predicted octanol–water partition coefficient (Wildman–Crippen LogP) is -0.0393. The lowest BCUT2D eigenvalue weighted by Gasteiger charge is -2.30. The molecule has 0 unspecified atom stereocenters. The lowest BCUT2D eigenvalue weighted by atomic mass is 9.97. The summed E-state index contributed by atoms with van der Waals surface area (Å²) in [7, 11) is 0. The minimum absolute atomic E-state index is 0.00206. The molecule has 0 aromatic rings. The summed E-state index contributed by atoms with van der Waals surface area (Å²) in [5.41, 5.74) is 5.19. The monoisotopic (exact) mass is 288 g/mol. The van der Waals surface area contributed by atoms with Crippen LogP contribution < -0.4 is 5.73 Å². The molecule has 1 aliphatic rings. The molecule has 0 aromatic heterocycles. The van der Waals surface area contributed by atoms with E-state index >= 15 is 0 Å². The largest absolute Gasteiger partial charge is 0.481 e. The Morgan fingerprint density at radius 1 is 1.26 bits per heavy atom. The topological polar surface area (TPSA) is 101 Å². The van der Waals surface area contributed by atoms with Crippen LogP contribution in [0.5, 0.6) is 0 Å². The van der Waals surface area contributed by atoms with Crippen molar-refractivity contribution in [3.05, 3.63) is 0 Å².